The lowest BCUT2D eigenvalue weighted by atomic mass is 10.2. The summed E-state index contributed by atoms with van der Waals surface area (Å²) in [6.07, 6.45) is 0.693. The Labute approximate surface area is 103 Å². The Bertz CT molecular complexity index is 439. The molecule has 0 unspecified atom stereocenters. The summed E-state index contributed by atoms with van der Waals surface area (Å²) in [4.78, 5) is 0.289. The number of rotatable bonds is 6. The van der Waals surface area contributed by atoms with Crippen LogP contribution in [-0.2, 0) is 14.8 Å². The highest BCUT2D eigenvalue weighted by Crippen LogP contribution is 2.11. The molecule has 1 aromatic rings. The fourth-order valence-corrected chi connectivity index (χ4v) is 2.75. The summed E-state index contributed by atoms with van der Waals surface area (Å²) in [7, 11) is -1.88. The van der Waals surface area contributed by atoms with Crippen LogP contribution < -0.4 is 4.72 Å². The molecule has 1 rings (SSSR count). The Hall–Kier alpha value is -0.910. The fourth-order valence-electron chi connectivity index (χ4n) is 1.44. The van der Waals surface area contributed by atoms with Crippen molar-refractivity contribution in [2.24, 2.45) is 0 Å². The monoisotopic (exact) mass is 257 g/mol. The number of ether oxygens (including phenoxy) is 1. The molecule has 1 atom stereocenters. The smallest absolute Gasteiger partial charge is 0.240 e. The molecule has 0 aliphatic heterocycles. The topological polar surface area (TPSA) is 55.4 Å². The standard InChI is InChI=1S/C12H19NO3S/c1-4-11(9-16-3)13-17(14,15)12-7-5-10(2)6-8-12/h5-8,11,13H,4,9H2,1-3H3/t11-/m1/s1. The van der Waals surface area contributed by atoms with Gasteiger partial charge in [-0.25, -0.2) is 13.1 Å². The molecule has 0 saturated heterocycles. The minimum atomic E-state index is -3.44. The van der Waals surface area contributed by atoms with Gasteiger partial charge in [-0.15, -0.1) is 0 Å². The summed E-state index contributed by atoms with van der Waals surface area (Å²) in [6.45, 7) is 4.21. The van der Waals surface area contributed by atoms with E-state index in [1.165, 1.54) is 0 Å². The minimum Gasteiger partial charge on any atom is -0.383 e. The first-order valence-corrected chi connectivity index (χ1v) is 7.06. The molecule has 0 spiro atoms. The van der Waals surface area contributed by atoms with Gasteiger partial charge in [0.05, 0.1) is 11.5 Å². The fraction of sp³-hybridized carbons (Fsp3) is 0.500. The molecule has 0 radical (unpaired) electrons. The van der Waals surface area contributed by atoms with Crippen LogP contribution in [0.4, 0.5) is 0 Å². The van der Waals surface area contributed by atoms with Crippen molar-refractivity contribution in [1.29, 1.82) is 0 Å². The highest BCUT2D eigenvalue weighted by molar-refractivity contribution is 7.89. The zero-order chi connectivity index (χ0) is 12.9. The quantitative estimate of drug-likeness (QED) is 0.844. The van der Waals surface area contributed by atoms with Gasteiger partial charge in [0.15, 0.2) is 0 Å². The largest absolute Gasteiger partial charge is 0.383 e. The first-order valence-electron chi connectivity index (χ1n) is 5.57. The zero-order valence-electron chi connectivity index (χ0n) is 10.4. The summed E-state index contributed by atoms with van der Waals surface area (Å²) in [5, 5.41) is 0. The van der Waals surface area contributed by atoms with E-state index in [1.807, 2.05) is 13.8 Å². The number of sulfonamides is 1. The molecule has 0 amide bonds. The van der Waals surface area contributed by atoms with Gasteiger partial charge in [0.2, 0.25) is 10.0 Å². The van der Waals surface area contributed by atoms with Crippen molar-refractivity contribution in [2.45, 2.75) is 31.2 Å². The van der Waals surface area contributed by atoms with Gasteiger partial charge in [-0.1, -0.05) is 24.6 Å². The molecular weight excluding hydrogens is 238 g/mol. The number of nitrogens with one attached hydrogen (secondary N) is 1. The number of methoxy groups -OCH3 is 1. The number of aryl methyl sites for hydroxylation is 1. The number of benzene rings is 1. The molecular formula is C12H19NO3S. The molecule has 4 nitrogen and oxygen atoms in total. The van der Waals surface area contributed by atoms with Crippen LogP contribution >= 0.6 is 0 Å². The van der Waals surface area contributed by atoms with Crippen LogP contribution in [0.5, 0.6) is 0 Å². The van der Waals surface area contributed by atoms with Gasteiger partial charge in [-0.3, -0.25) is 0 Å². The van der Waals surface area contributed by atoms with E-state index in [4.69, 9.17) is 4.74 Å². The van der Waals surface area contributed by atoms with E-state index in [0.29, 0.717) is 13.0 Å². The molecule has 1 N–H and O–H groups in total. The highest BCUT2D eigenvalue weighted by atomic mass is 32.2. The third-order valence-electron chi connectivity index (χ3n) is 2.51. The van der Waals surface area contributed by atoms with Crippen molar-refractivity contribution in [2.75, 3.05) is 13.7 Å². The first-order chi connectivity index (χ1) is 7.99. The second kappa shape index (κ2) is 6.14. The van der Waals surface area contributed by atoms with Crippen LogP contribution in [0, 0.1) is 6.92 Å². The van der Waals surface area contributed by atoms with Crippen molar-refractivity contribution < 1.29 is 13.2 Å². The van der Waals surface area contributed by atoms with Gasteiger partial charge < -0.3 is 4.74 Å². The van der Waals surface area contributed by atoms with Gasteiger partial charge in [-0.2, -0.15) is 0 Å². The lowest BCUT2D eigenvalue weighted by Gasteiger charge is -2.16. The SMILES string of the molecule is CC[C@H](COC)NS(=O)(=O)c1ccc(C)cc1. The van der Waals surface area contributed by atoms with Crippen LogP contribution in [0.1, 0.15) is 18.9 Å². The maximum atomic E-state index is 12.0. The van der Waals surface area contributed by atoms with Gasteiger partial charge in [0.25, 0.3) is 0 Å². The molecule has 0 aliphatic carbocycles. The van der Waals surface area contributed by atoms with Crippen molar-refractivity contribution in [3.8, 4) is 0 Å². The molecule has 0 fully saturated rings. The van der Waals surface area contributed by atoms with Crippen LogP contribution in [0.3, 0.4) is 0 Å². The predicted molar refractivity (Wildman–Crippen MR) is 67.5 cm³/mol. The van der Waals surface area contributed by atoms with E-state index in [-0.39, 0.29) is 10.9 Å². The maximum absolute atomic E-state index is 12.0. The van der Waals surface area contributed by atoms with E-state index in [9.17, 15) is 8.42 Å². The van der Waals surface area contributed by atoms with E-state index in [0.717, 1.165) is 5.56 Å². The molecule has 0 aliphatic rings. The molecule has 1 aromatic carbocycles. The van der Waals surface area contributed by atoms with Crippen molar-refractivity contribution >= 4 is 10.0 Å². The van der Waals surface area contributed by atoms with Crippen LogP contribution in [0.15, 0.2) is 29.2 Å². The minimum absolute atomic E-state index is 0.189. The van der Waals surface area contributed by atoms with Crippen LogP contribution in [0.2, 0.25) is 0 Å². The zero-order valence-corrected chi connectivity index (χ0v) is 11.3. The first kappa shape index (κ1) is 14.2. The van der Waals surface area contributed by atoms with Gasteiger partial charge in [-0.05, 0) is 25.5 Å². The Morgan fingerprint density at radius 1 is 1.29 bits per heavy atom. The molecule has 5 heteroatoms. The lowest BCUT2D eigenvalue weighted by molar-refractivity contribution is 0.173. The Morgan fingerprint density at radius 3 is 2.35 bits per heavy atom. The van der Waals surface area contributed by atoms with E-state index < -0.39 is 10.0 Å². The summed E-state index contributed by atoms with van der Waals surface area (Å²) in [5.74, 6) is 0. The van der Waals surface area contributed by atoms with Gasteiger partial charge in [0.1, 0.15) is 0 Å². The van der Waals surface area contributed by atoms with Crippen LogP contribution in [0.25, 0.3) is 0 Å². The maximum Gasteiger partial charge on any atom is 0.240 e. The summed E-state index contributed by atoms with van der Waals surface area (Å²) < 4.78 is 31.6. The third kappa shape index (κ3) is 4.11. The summed E-state index contributed by atoms with van der Waals surface area (Å²) in [5.41, 5.74) is 1.04. The molecule has 17 heavy (non-hydrogen) atoms. The molecule has 0 aromatic heterocycles. The van der Waals surface area contributed by atoms with E-state index in [1.54, 1.807) is 31.4 Å². The normalized spacial score (nSPS) is 13.6. The molecule has 0 bridgehead atoms. The number of hydrogen-bond donors (Lipinski definition) is 1. The Balaban J connectivity index is 2.84. The number of hydrogen-bond acceptors (Lipinski definition) is 3. The molecule has 0 saturated carbocycles. The predicted octanol–water partition coefficient (Wildman–Crippen LogP) is 1.70. The van der Waals surface area contributed by atoms with Crippen molar-refractivity contribution in [3.05, 3.63) is 29.8 Å². The highest BCUT2D eigenvalue weighted by Gasteiger charge is 2.18. The lowest BCUT2D eigenvalue weighted by Crippen LogP contribution is -2.37. The van der Waals surface area contributed by atoms with Crippen LogP contribution in [-0.4, -0.2) is 28.2 Å². The summed E-state index contributed by atoms with van der Waals surface area (Å²) >= 11 is 0. The van der Waals surface area contributed by atoms with Gasteiger partial charge >= 0.3 is 0 Å². The van der Waals surface area contributed by atoms with E-state index >= 15 is 0 Å². The van der Waals surface area contributed by atoms with Gasteiger partial charge in [0, 0.05) is 13.2 Å². The van der Waals surface area contributed by atoms with Crippen molar-refractivity contribution in [3.63, 3.8) is 0 Å². The average molecular weight is 257 g/mol. The van der Waals surface area contributed by atoms with E-state index in [2.05, 4.69) is 4.72 Å². The van der Waals surface area contributed by atoms with Crippen molar-refractivity contribution in [1.82, 2.24) is 4.72 Å². The molecule has 96 valence electrons. The molecule has 0 heterocycles. The second-order valence-corrected chi connectivity index (χ2v) is 5.71. The second-order valence-electron chi connectivity index (χ2n) is 3.99. The summed E-state index contributed by atoms with van der Waals surface area (Å²) in [6, 6.07) is 6.60. The Kier molecular flexibility index (Phi) is 5.11. The third-order valence-corrected chi connectivity index (χ3v) is 4.05. The average Bonchev–Trinajstić information content (AvgIpc) is 2.28. The Morgan fingerprint density at radius 2 is 1.88 bits per heavy atom.